The van der Waals surface area contributed by atoms with Gasteiger partial charge in [-0.2, -0.15) is 5.26 Å². The molecule has 0 atom stereocenters. The molecule has 114 valence electrons. The molecule has 6 nitrogen and oxygen atoms in total. The van der Waals surface area contributed by atoms with Crippen molar-refractivity contribution < 1.29 is 8.42 Å². The molecule has 2 aromatic heterocycles. The number of nitriles is 1. The van der Waals surface area contributed by atoms with Gasteiger partial charge in [-0.05, 0) is 23.8 Å². The number of hydrogen-bond acceptors (Lipinski definition) is 4. The first kappa shape index (κ1) is 14.8. The van der Waals surface area contributed by atoms with E-state index in [0.29, 0.717) is 11.3 Å². The topological polar surface area (TPSA) is 98.6 Å². The lowest BCUT2D eigenvalue weighted by molar-refractivity contribution is 0.601. The predicted octanol–water partition coefficient (Wildman–Crippen LogP) is 2.75. The van der Waals surface area contributed by atoms with Gasteiger partial charge in [0.2, 0.25) is 0 Å². The van der Waals surface area contributed by atoms with Crippen LogP contribution in [0.3, 0.4) is 0 Å². The SMILES string of the molecule is N#Cc1ccc(NS(=O)(=O)c2c[nH]c(-c3ccccc3)c2)nc1. The average molecular weight is 324 g/mol. The Hall–Kier alpha value is -3.11. The van der Waals surface area contributed by atoms with Crippen LogP contribution in [0, 0.1) is 11.3 Å². The molecule has 23 heavy (non-hydrogen) atoms. The number of aromatic nitrogens is 2. The number of pyridine rings is 1. The minimum atomic E-state index is -3.75. The van der Waals surface area contributed by atoms with E-state index >= 15 is 0 Å². The Balaban J connectivity index is 1.85. The maximum atomic E-state index is 12.4. The Morgan fingerprint density at radius 1 is 1.13 bits per heavy atom. The molecule has 0 aliphatic heterocycles. The quantitative estimate of drug-likeness (QED) is 0.771. The van der Waals surface area contributed by atoms with Crippen LogP contribution in [0.4, 0.5) is 5.82 Å². The van der Waals surface area contributed by atoms with Gasteiger partial charge in [0.05, 0.1) is 5.56 Å². The zero-order valence-electron chi connectivity index (χ0n) is 11.9. The third-order valence-electron chi connectivity index (χ3n) is 3.18. The summed E-state index contributed by atoms with van der Waals surface area (Å²) in [6.07, 6.45) is 2.73. The van der Waals surface area contributed by atoms with Crippen LogP contribution in [-0.2, 0) is 10.0 Å². The van der Waals surface area contributed by atoms with Crippen molar-refractivity contribution in [2.75, 3.05) is 4.72 Å². The Bertz CT molecular complexity index is 955. The number of hydrogen-bond donors (Lipinski definition) is 2. The summed E-state index contributed by atoms with van der Waals surface area (Å²) in [5, 5.41) is 8.72. The van der Waals surface area contributed by atoms with Crippen LogP contribution in [0.15, 0.2) is 65.8 Å². The molecule has 0 unspecified atom stereocenters. The molecule has 7 heteroatoms. The Morgan fingerprint density at radius 2 is 1.91 bits per heavy atom. The van der Waals surface area contributed by atoms with Crippen molar-refractivity contribution in [1.29, 1.82) is 5.26 Å². The standard InChI is InChI=1S/C16H12N4O2S/c17-9-12-6-7-16(19-10-12)20-23(21,22)14-8-15(18-11-14)13-4-2-1-3-5-13/h1-8,10-11,18H,(H,19,20). The largest absolute Gasteiger partial charge is 0.360 e. The van der Waals surface area contributed by atoms with Crippen molar-refractivity contribution in [2.24, 2.45) is 0 Å². The van der Waals surface area contributed by atoms with E-state index in [9.17, 15) is 8.42 Å². The summed E-state index contributed by atoms with van der Waals surface area (Å²) >= 11 is 0. The van der Waals surface area contributed by atoms with Gasteiger partial charge in [0.1, 0.15) is 16.8 Å². The van der Waals surface area contributed by atoms with Gasteiger partial charge >= 0.3 is 0 Å². The first-order chi connectivity index (χ1) is 11.1. The van der Waals surface area contributed by atoms with Crippen LogP contribution in [0.5, 0.6) is 0 Å². The van der Waals surface area contributed by atoms with Gasteiger partial charge in [-0.1, -0.05) is 30.3 Å². The highest BCUT2D eigenvalue weighted by Gasteiger charge is 2.17. The first-order valence-electron chi connectivity index (χ1n) is 6.71. The van der Waals surface area contributed by atoms with Crippen LogP contribution in [0.2, 0.25) is 0 Å². The van der Waals surface area contributed by atoms with E-state index in [4.69, 9.17) is 5.26 Å². The molecular weight excluding hydrogens is 312 g/mol. The third kappa shape index (κ3) is 3.22. The molecule has 0 bridgehead atoms. The summed E-state index contributed by atoms with van der Waals surface area (Å²) in [6.45, 7) is 0. The molecule has 0 amide bonds. The van der Waals surface area contributed by atoms with Crippen molar-refractivity contribution in [3.63, 3.8) is 0 Å². The van der Waals surface area contributed by atoms with Gasteiger partial charge in [-0.3, -0.25) is 4.72 Å². The minimum absolute atomic E-state index is 0.113. The zero-order chi connectivity index (χ0) is 16.3. The van der Waals surface area contributed by atoms with E-state index in [1.54, 1.807) is 6.07 Å². The monoisotopic (exact) mass is 324 g/mol. The predicted molar refractivity (Wildman–Crippen MR) is 86.0 cm³/mol. The maximum Gasteiger partial charge on any atom is 0.264 e. The lowest BCUT2D eigenvalue weighted by Gasteiger charge is -2.05. The Morgan fingerprint density at radius 3 is 2.57 bits per heavy atom. The molecule has 3 aromatic rings. The summed E-state index contributed by atoms with van der Waals surface area (Å²) < 4.78 is 27.1. The molecule has 0 aliphatic rings. The summed E-state index contributed by atoms with van der Waals surface area (Å²) in [4.78, 5) is 6.97. The molecule has 3 rings (SSSR count). The highest BCUT2D eigenvalue weighted by Crippen LogP contribution is 2.22. The molecule has 0 aliphatic carbocycles. The van der Waals surface area contributed by atoms with E-state index in [-0.39, 0.29) is 10.7 Å². The molecule has 0 saturated heterocycles. The van der Waals surface area contributed by atoms with Crippen molar-refractivity contribution in [3.05, 3.63) is 66.5 Å². The van der Waals surface area contributed by atoms with E-state index in [2.05, 4.69) is 14.7 Å². The molecule has 0 radical (unpaired) electrons. The number of H-pyrrole nitrogens is 1. The van der Waals surface area contributed by atoms with Crippen LogP contribution in [-0.4, -0.2) is 18.4 Å². The van der Waals surface area contributed by atoms with Gasteiger partial charge in [-0.25, -0.2) is 13.4 Å². The first-order valence-corrected chi connectivity index (χ1v) is 8.19. The lowest BCUT2D eigenvalue weighted by Crippen LogP contribution is -2.13. The maximum absolute atomic E-state index is 12.4. The second-order valence-corrected chi connectivity index (χ2v) is 6.45. The minimum Gasteiger partial charge on any atom is -0.360 e. The average Bonchev–Trinajstić information content (AvgIpc) is 3.07. The van der Waals surface area contributed by atoms with Crippen LogP contribution in [0.25, 0.3) is 11.3 Å². The van der Waals surface area contributed by atoms with E-state index < -0.39 is 10.0 Å². The molecule has 0 spiro atoms. The normalized spacial score (nSPS) is 10.9. The number of sulfonamides is 1. The van der Waals surface area contributed by atoms with Gasteiger partial charge in [0.25, 0.3) is 10.0 Å². The fourth-order valence-electron chi connectivity index (χ4n) is 2.03. The summed E-state index contributed by atoms with van der Waals surface area (Å²) in [6, 6.07) is 15.8. The number of nitrogens with zero attached hydrogens (tertiary/aromatic N) is 2. The molecule has 0 saturated carbocycles. The highest BCUT2D eigenvalue weighted by atomic mass is 32.2. The van der Waals surface area contributed by atoms with Crippen molar-refractivity contribution in [1.82, 2.24) is 9.97 Å². The second kappa shape index (κ2) is 5.94. The summed E-state index contributed by atoms with van der Waals surface area (Å²) in [5.74, 6) is 0.159. The van der Waals surface area contributed by atoms with Crippen molar-refractivity contribution in [3.8, 4) is 17.3 Å². The number of aromatic amines is 1. The third-order valence-corrected chi connectivity index (χ3v) is 4.52. The van der Waals surface area contributed by atoms with E-state index in [1.165, 1.54) is 24.5 Å². The van der Waals surface area contributed by atoms with Crippen LogP contribution >= 0.6 is 0 Å². The fourth-order valence-corrected chi connectivity index (χ4v) is 3.03. The molecular formula is C16H12N4O2S. The van der Waals surface area contributed by atoms with Crippen LogP contribution < -0.4 is 4.72 Å². The number of anilines is 1. The smallest absolute Gasteiger partial charge is 0.264 e. The molecule has 0 fully saturated rings. The highest BCUT2D eigenvalue weighted by molar-refractivity contribution is 7.92. The van der Waals surface area contributed by atoms with E-state index in [1.807, 2.05) is 36.4 Å². The number of benzene rings is 1. The van der Waals surface area contributed by atoms with Crippen molar-refractivity contribution in [2.45, 2.75) is 4.90 Å². The van der Waals surface area contributed by atoms with Gasteiger partial charge in [0, 0.05) is 18.1 Å². The second-order valence-electron chi connectivity index (χ2n) is 4.76. The van der Waals surface area contributed by atoms with Gasteiger partial charge in [0.15, 0.2) is 0 Å². The Kier molecular flexibility index (Phi) is 3.83. The zero-order valence-corrected chi connectivity index (χ0v) is 12.7. The fraction of sp³-hybridized carbons (Fsp3) is 0. The number of rotatable bonds is 4. The summed E-state index contributed by atoms with van der Waals surface area (Å²) in [5.41, 5.74) is 1.96. The van der Waals surface area contributed by atoms with Crippen LogP contribution in [0.1, 0.15) is 5.56 Å². The van der Waals surface area contributed by atoms with Gasteiger partial charge < -0.3 is 4.98 Å². The molecule has 2 N–H and O–H groups in total. The van der Waals surface area contributed by atoms with E-state index in [0.717, 1.165) is 5.56 Å². The lowest BCUT2D eigenvalue weighted by atomic mass is 10.2. The molecule has 2 heterocycles. The number of nitrogens with one attached hydrogen (secondary N) is 2. The molecule has 1 aromatic carbocycles. The van der Waals surface area contributed by atoms with Crippen molar-refractivity contribution >= 4 is 15.8 Å². The Labute approximate surface area is 133 Å². The van der Waals surface area contributed by atoms with Gasteiger partial charge in [-0.15, -0.1) is 0 Å². The summed E-state index contributed by atoms with van der Waals surface area (Å²) in [7, 11) is -3.75.